The van der Waals surface area contributed by atoms with Crippen LogP contribution in [0, 0.1) is 13.8 Å². The van der Waals surface area contributed by atoms with E-state index in [4.69, 9.17) is 4.74 Å². The van der Waals surface area contributed by atoms with Gasteiger partial charge in [0.2, 0.25) is 0 Å². The van der Waals surface area contributed by atoms with E-state index in [1.165, 1.54) is 21.4 Å². The van der Waals surface area contributed by atoms with Crippen LogP contribution in [0.2, 0.25) is 0 Å². The van der Waals surface area contributed by atoms with Crippen molar-refractivity contribution in [3.8, 4) is 5.75 Å². The number of piperidine rings is 1. The first-order valence-electron chi connectivity index (χ1n) is 9.45. The van der Waals surface area contributed by atoms with Crippen molar-refractivity contribution in [2.24, 2.45) is 7.05 Å². The van der Waals surface area contributed by atoms with Crippen molar-refractivity contribution < 1.29 is 4.74 Å². The Balaban J connectivity index is 1.79. The van der Waals surface area contributed by atoms with E-state index >= 15 is 0 Å². The van der Waals surface area contributed by atoms with Crippen LogP contribution >= 0.6 is 0 Å². The van der Waals surface area contributed by atoms with E-state index in [0.29, 0.717) is 12.5 Å². The van der Waals surface area contributed by atoms with Gasteiger partial charge in [0.15, 0.2) is 0 Å². The van der Waals surface area contributed by atoms with Crippen LogP contribution in [0.1, 0.15) is 48.2 Å². The summed E-state index contributed by atoms with van der Waals surface area (Å²) < 4.78 is 8.71. The maximum atomic E-state index is 12.2. The number of nitrogens with zero attached hydrogens (tertiary/aromatic N) is 4. The van der Waals surface area contributed by atoms with E-state index in [1.807, 2.05) is 11.5 Å². The molecule has 0 bridgehead atoms. The number of hydrogen-bond acceptors (Lipinski definition) is 4. The number of methoxy groups -OCH3 is 1. The monoisotopic (exact) mass is 358 g/mol. The normalized spacial score (nSPS) is 18.3. The van der Waals surface area contributed by atoms with E-state index in [1.54, 1.807) is 14.2 Å². The number of ether oxygens (including phenoxy) is 1. The summed E-state index contributed by atoms with van der Waals surface area (Å²) in [5, 5.41) is 4.52. The van der Waals surface area contributed by atoms with E-state index < -0.39 is 0 Å². The molecule has 0 radical (unpaired) electrons. The molecule has 1 aromatic carbocycles. The molecule has 142 valence electrons. The van der Waals surface area contributed by atoms with Crippen molar-refractivity contribution in [3.05, 3.63) is 45.1 Å². The molecule has 2 heterocycles. The SMILES string of the molecule is CCn1c([C@@H]2CCCN(Cc3ccc(OC)c(C)c3C)C2)nn(C)c1=O. The Kier molecular flexibility index (Phi) is 5.51. The molecule has 1 fully saturated rings. The minimum absolute atomic E-state index is 0.0127. The van der Waals surface area contributed by atoms with Crippen molar-refractivity contribution in [3.63, 3.8) is 0 Å². The first kappa shape index (κ1) is 18.7. The summed E-state index contributed by atoms with van der Waals surface area (Å²) in [6, 6.07) is 4.24. The Morgan fingerprint density at radius 1 is 1.27 bits per heavy atom. The minimum atomic E-state index is -0.0127. The first-order valence-corrected chi connectivity index (χ1v) is 9.45. The zero-order valence-corrected chi connectivity index (χ0v) is 16.6. The van der Waals surface area contributed by atoms with Crippen molar-refractivity contribution in [1.29, 1.82) is 0 Å². The van der Waals surface area contributed by atoms with Gasteiger partial charge in [-0.25, -0.2) is 9.48 Å². The van der Waals surface area contributed by atoms with Gasteiger partial charge in [-0.15, -0.1) is 0 Å². The van der Waals surface area contributed by atoms with Crippen molar-refractivity contribution in [2.45, 2.75) is 52.6 Å². The van der Waals surface area contributed by atoms with Crippen molar-refractivity contribution >= 4 is 0 Å². The third-order valence-electron chi connectivity index (χ3n) is 5.69. The second kappa shape index (κ2) is 7.66. The van der Waals surface area contributed by atoms with Gasteiger partial charge < -0.3 is 4.74 Å². The summed E-state index contributed by atoms with van der Waals surface area (Å²) in [6.45, 7) is 9.93. The Hall–Kier alpha value is -2.08. The lowest BCUT2D eigenvalue weighted by Gasteiger charge is -2.32. The second-order valence-corrected chi connectivity index (χ2v) is 7.26. The maximum absolute atomic E-state index is 12.2. The molecule has 0 amide bonds. The quantitative estimate of drug-likeness (QED) is 0.824. The number of aryl methyl sites for hydroxylation is 1. The largest absolute Gasteiger partial charge is 0.496 e. The lowest BCUT2D eigenvalue weighted by atomic mass is 9.95. The molecular formula is C20H30N4O2. The molecule has 0 spiro atoms. The zero-order chi connectivity index (χ0) is 18.8. The molecule has 1 saturated heterocycles. The molecule has 1 aliphatic heterocycles. The summed E-state index contributed by atoms with van der Waals surface area (Å²) in [6.07, 6.45) is 2.22. The van der Waals surface area contributed by atoms with Crippen LogP contribution in [0.3, 0.4) is 0 Å². The van der Waals surface area contributed by atoms with Gasteiger partial charge in [0, 0.05) is 32.6 Å². The van der Waals surface area contributed by atoms with Crippen LogP contribution in [-0.2, 0) is 20.1 Å². The highest BCUT2D eigenvalue weighted by Crippen LogP contribution is 2.29. The Bertz CT molecular complexity index is 837. The van der Waals surface area contributed by atoms with Gasteiger partial charge in [-0.05, 0) is 62.9 Å². The number of likely N-dealkylation sites (tertiary alicyclic amines) is 1. The Morgan fingerprint density at radius 3 is 2.73 bits per heavy atom. The highest BCUT2D eigenvalue weighted by atomic mass is 16.5. The van der Waals surface area contributed by atoms with Gasteiger partial charge in [0.1, 0.15) is 11.6 Å². The molecule has 0 aliphatic carbocycles. The lowest BCUT2D eigenvalue weighted by Crippen LogP contribution is -2.35. The van der Waals surface area contributed by atoms with Crippen molar-refractivity contribution in [1.82, 2.24) is 19.2 Å². The fourth-order valence-electron chi connectivity index (χ4n) is 4.02. The molecular weight excluding hydrogens is 328 g/mol. The van der Waals surface area contributed by atoms with Gasteiger partial charge >= 0.3 is 5.69 Å². The molecule has 6 nitrogen and oxygen atoms in total. The molecule has 1 aliphatic rings. The fourth-order valence-corrected chi connectivity index (χ4v) is 4.02. The lowest BCUT2D eigenvalue weighted by molar-refractivity contribution is 0.194. The number of rotatable bonds is 5. The van der Waals surface area contributed by atoms with E-state index in [-0.39, 0.29) is 5.69 Å². The smallest absolute Gasteiger partial charge is 0.345 e. The minimum Gasteiger partial charge on any atom is -0.496 e. The summed E-state index contributed by atoms with van der Waals surface area (Å²) in [4.78, 5) is 14.7. The third kappa shape index (κ3) is 3.43. The van der Waals surface area contributed by atoms with Crippen LogP contribution < -0.4 is 10.4 Å². The number of hydrogen-bond donors (Lipinski definition) is 0. The van der Waals surface area contributed by atoms with Crippen LogP contribution in [0.15, 0.2) is 16.9 Å². The molecule has 26 heavy (non-hydrogen) atoms. The highest BCUT2D eigenvalue weighted by Gasteiger charge is 2.27. The summed E-state index contributed by atoms with van der Waals surface area (Å²) in [5.74, 6) is 2.20. The van der Waals surface area contributed by atoms with Crippen LogP contribution in [0.5, 0.6) is 5.75 Å². The molecule has 3 rings (SSSR count). The number of benzene rings is 1. The molecule has 0 unspecified atom stereocenters. The van der Waals surface area contributed by atoms with E-state index in [2.05, 4.69) is 36.0 Å². The van der Waals surface area contributed by atoms with Crippen molar-refractivity contribution in [2.75, 3.05) is 20.2 Å². The summed E-state index contributed by atoms with van der Waals surface area (Å²) in [7, 11) is 3.46. The predicted molar refractivity (Wildman–Crippen MR) is 103 cm³/mol. The predicted octanol–water partition coefficient (Wildman–Crippen LogP) is 2.61. The Labute approximate surface area is 155 Å². The maximum Gasteiger partial charge on any atom is 0.345 e. The standard InChI is InChI=1S/C20H30N4O2/c1-6-24-19(21-22(4)20(24)25)17-8-7-11-23(13-17)12-16-9-10-18(26-5)15(3)14(16)2/h9-10,17H,6-8,11-13H2,1-5H3/t17-/m1/s1. The van der Waals surface area contributed by atoms with Crippen LogP contribution in [-0.4, -0.2) is 39.4 Å². The van der Waals surface area contributed by atoms with Gasteiger partial charge in [-0.1, -0.05) is 6.07 Å². The Morgan fingerprint density at radius 2 is 2.04 bits per heavy atom. The van der Waals surface area contributed by atoms with Gasteiger partial charge in [-0.3, -0.25) is 9.47 Å². The van der Waals surface area contributed by atoms with Crippen LogP contribution in [0.25, 0.3) is 0 Å². The van der Waals surface area contributed by atoms with Gasteiger partial charge in [0.05, 0.1) is 7.11 Å². The average molecular weight is 358 g/mol. The fraction of sp³-hybridized carbons (Fsp3) is 0.600. The second-order valence-electron chi connectivity index (χ2n) is 7.26. The zero-order valence-electron chi connectivity index (χ0n) is 16.6. The van der Waals surface area contributed by atoms with Crippen LogP contribution in [0.4, 0.5) is 0 Å². The van der Waals surface area contributed by atoms with Gasteiger partial charge in [-0.2, -0.15) is 5.10 Å². The highest BCUT2D eigenvalue weighted by molar-refractivity contribution is 5.43. The topological polar surface area (TPSA) is 52.3 Å². The molecule has 0 N–H and O–H groups in total. The molecule has 2 aromatic rings. The molecule has 1 atom stereocenters. The average Bonchev–Trinajstić information content (AvgIpc) is 2.94. The molecule has 1 aromatic heterocycles. The molecule has 6 heteroatoms. The van der Waals surface area contributed by atoms with E-state index in [9.17, 15) is 4.79 Å². The number of aromatic nitrogens is 3. The first-order chi connectivity index (χ1) is 12.5. The molecule has 0 saturated carbocycles. The summed E-state index contributed by atoms with van der Waals surface area (Å²) >= 11 is 0. The third-order valence-corrected chi connectivity index (χ3v) is 5.69. The summed E-state index contributed by atoms with van der Waals surface area (Å²) in [5.41, 5.74) is 3.84. The van der Waals surface area contributed by atoms with E-state index in [0.717, 1.165) is 44.0 Å². The van der Waals surface area contributed by atoms with Gasteiger partial charge in [0.25, 0.3) is 0 Å².